The molecule has 0 bridgehead atoms. The van der Waals surface area contributed by atoms with Crippen LogP contribution < -0.4 is 0 Å². The van der Waals surface area contributed by atoms with E-state index in [-0.39, 0.29) is 5.41 Å². The lowest BCUT2D eigenvalue weighted by Gasteiger charge is -2.19. The Hall–Kier alpha value is -1.08. The van der Waals surface area contributed by atoms with E-state index in [2.05, 4.69) is 0 Å². The van der Waals surface area contributed by atoms with Crippen molar-refractivity contribution in [2.24, 2.45) is 0 Å². The van der Waals surface area contributed by atoms with Crippen molar-refractivity contribution < 1.29 is 26.7 Å². The third-order valence-corrected chi connectivity index (χ3v) is 4.59. The van der Waals surface area contributed by atoms with E-state index < -0.39 is 33.6 Å². The van der Waals surface area contributed by atoms with Gasteiger partial charge in [0.2, 0.25) is 0 Å². The second-order valence-corrected chi connectivity index (χ2v) is 8.17. The largest absolute Gasteiger partial charge is 0.415 e. The Morgan fingerprint density at radius 3 is 1.95 bits per heavy atom. The van der Waals surface area contributed by atoms with Crippen molar-refractivity contribution in [3.63, 3.8) is 0 Å². The highest BCUT2D eigenvalue weighted by Crippen LogP contribution is 2.24. The first-order chi connectivity index (χ1) is 9.31. The normalized spacial score (nSPS) is 15.0. The molecule has 7 heteroatoms. The number of halogens is 3. The molecule has 0 aliphatic carbocycles. The Morgan fingerprint density at radius 2 is 1.57 bits per heavy atom. The zero-order chi connectivity index (χ0) is 16.5. The molecule has 0 heterocycles. The van der Waals surface area contributed by atoms with Gasteiger partial charge >= 0.3 is 6.18 Å². The summed E-state index contributed by atoms with van der Waals surface area (Å²) in [7, 11) is -4.04. The van der Waals surface area contributed by atoms with Gasteiger partial charge in [0.15, 0.2) is 15.9 Å². The fourth-order valence-electron chi connectivity index (χ4n) is 1.75. The Bertz CT molecular complexity index is 569. The van der Waals surface area contributed by atoms with Gasteiger partial charge in [0, 0.05) is 0 Å². The van der Waals surface area contributed by atoms with E-state index in [1.165, 1.54) is 0 Å². The molecule has 21 heavy (non-hydrogen) atoms. The Labute approximate surface area is 122 Å². The molecule has 0 amide bonds. The molecule has 0 unspecified atom stereocenters. The minimum absolute atomic E-state index is 0.0934. The van der Waals surface area contributed by atoms with Gasteiger partial charge in [-0.3, -0.25) is 0 Å². The van der Waals surface area contributed by atoms with Gasteiger partial charge in [-0.1, -0.05) is 45.0 Å². The maximum atomic E-state index is 12.2. The first kappa shape index (κ1) is 18.0. The fourth-order valence-corrected chi connectivity index (χ4v) is 3.24. The second-order valence-electron chi connectivity index (χ2n) is 6.06. The smallest absolute Gasteiger partial charge is 0.383 e. The lowest BCUT2D eigenvalue weighted by molar-refractivity contribution is -0.196. The van der Waals surface area contributed by atoms with Crippen LogP contribution in [-0.4, -0.2) is 31.6 Å². The molecule has 0 aromatic heterocycles. The SMILES string of the molecule is CC(C)(C)c1ccc(CS(=O)(=O)C[C@@H](O)C(F)(F)F)cc1. The predicted molar refractivity (Wildman–Crippen MR) is 74.7 cm³/mol. The molecular formula is C14H19F3O3S. The van der Waals surface area contributed by atoms with Gasteiger partial charge in [0.1, 0.15) is 0 Å². The predicted octanol–water partition coefficient (Wildman–Crippen LogP) is 2.82. The van der Waals surface area contributed by atoms with Crippen LogP contribution in [0.1, 0.15) is 31.9 Å². The molecule has 0 aliphatic heterocycles. The van der Waals surface area contributed by atoms with E-state index in [0.717, 1.165) is 5.56 Å². The van der Waals surface area contributed by atoms with E-state index in [4.69, 9.17) is 5.11 Å². The van der Waals surface area contributed by atoms with Crippen LogP contribution in [0.25, 0.3) is 0 Å². The van der Waals surface area contributed by atoms with Gasteiger partial charge in [-0.05, 0) is 16.5 Å². The average Bonchev–Trinajstić information content (AvgIpc) is 2.25. The van der Waals surface area contributed by atoms with E-state index in [9.17, 15) is 21.6 Å². The number of hydrogen-bond donors (Lipinski definition) is 1. The van der Waals surface area contributed by atoms with Crippen LogP contribution in [-0.2, 0) is 21.0 Å². The van der Waals surface area contributed by atoms with Crippen molar-refractivity contribution in [3.8, 4) is 0 Å². The zero-order valence-electron chi connectivity index (χ0n) is 12.1. The Kier molecular flexibility index (Phi) is 5.10. The summed E-state index contributed by atoms with van der Waals surface area (Å²) in [6.07, 6.45) is -7.78. The standard InChI is InChI=1S/C14H19F3O3S/c1-13(2,3)11-6-4-10(5-7-11)8-21(19,20)9-12(18)14(15,16)17/h4-7,12,18H,8-9H2,1-3H3/t12-/m1/s1. The van der Waals surface area contributed by atoms with Crippen LogP contribution >= 0.6 is 0 Å². The van der Waals surface area contributed by atoms with Gasteiger partial charge in [-0.25, -0.2) is 8.42 Å². The van der Waals surface area contributed by atoms with Crippen LogP contribution in [0.15, 0.2) is 24.3 Å². The number of rotatable bonds is 4. The van der Waals surface area contributed by atoms with Crippen LogP contribution in [0.4, 0.5) is 13.2 Å². The van der Waals surface area contributed by atoms with Crippen LogP contribution in [0.5, 0.6) is 0 Å². The number of sulfone groups is 1. The molecule has 0 saturated heterocycles. The summed E-state index contributed by atoms with van der Waals surface area (Å²) in [5, 5.41) is 8.85. The van der Waals surface area contributed by atoms with E-state index in [1.54, 1.807) is 24.3 Å². The van der Waals surface area contributed by atoms with E-state index >= 15 is 0 Å². The highest BCUT2D eigenvalue weighted by molar-refractivity contribution is 7.90. The van der Waals surface area contributed by atoms with Gasteiger partial charge in [0.25, 0.3) is 0 Å². The molecule has 0 spiro atoms. The quantitative estimate of drug-likeness (QED) is 0.926. The lowest BCUT2D eigenvalue weighted by Crippen LogP contribution is -2.35. The van der Waals surface area contributed by atoms with Gasteiger partial charge in [0.05, 0.1) is 11.5 Å². The molecule has 1 aromatic carbocycles. The van der Waals surface area contributed by atoms with Gasteiger partial charge in [-0.2, -0.15) is 13.2 Å². The van der Waals surface area contributed by atoms with Crippen LogP contribution in [0.3, 0.4) is 0 Å². The third kappa shape index (κ3) is 5.67. The molecule has 0 saturated carbocycles. The lowest BCUT2D eigenvalue weighted by atomic mass is 9.87. The van der Waals surface area contributed by atoms with Crippen LogP contribution in [0, 0.1) is 0 Å². The van der Waals surface area contributed by atoms with Crippen molar-refractivity contribution in [2.45, 2.75) is 44.2 Å². The molecule has 0 radical (unpaired) electrons. The summed E-state index contributed by atoms with van der Waals surface area (Å²) < 4.78 is 59.9. The fraction of sp³-hybridized carbons (Fsp3) is 0.571. The molecule has 1 aromatic rings. The monoisotopic (exact) mass is 324 g/mol. The maximum absolute atomic E-state index is 12.2. The number of hydrogen-bond acceptors (Lipinski definition) is 3. The summed E-state index contributed by atoms with van der Waals surface area (Å²) in [5.41, 5.74) is 1.31. The summed E-state index contributed by atoms with van der Waals surface area (Å²) >= 11 is 0. The average molecular weight is 324 g/mol. The highest BCUT2D eigenvalue weighted by Gasteiger charge is 2.40. The van der Waals surface area contributed by atoms with Crippen molar-refractivity contribution in [1.29, 1.82) is 0 Å². The van der Waals surface area contributed by atoms with Crippen molar-refractivity contribution >= 4 is 9.84 Å². The Morgan fingerprint density at radius 1 is 1.10 bits per heavy atom. The van der Waals surface area contributed by atoms with Crippen molar-refractivity contribution in [3.05, 3.63) is 35.4 Å². The van der Waals surface area contributed by atoms with Gasteiger partial charge < -0.3 is 5.11 Å². The summed E-state index contributed by atoms with van der Waals surface area (Å²) in [6.45, 7) is 6.00. The number of benzene rings is 1. The zero-order valence-corrected chi connectivity index (χ0v) is 12.9. The maximum Gasteiger partial charge on any atom is 0.415 e. The van der Waals surface area contributed by atoms with Crippen molar-refractivity contribution in [2.75, 3.05) is 5.75 Å². The molecule has 0 aliphatic rings. The first-order valence-electron chi connectivity index (χ1n) is 6.36. The summed E-state index contributed by atoms with van der Waals surface area (Å²) in [6, 6.07) is 6.67. The number of aliphatic hydroxyl groups is 1. The second kappa shape index (κ2) is 5.96. The molecule has 1 rings (SSSR count). The number of aliphatic hydroxyl groups excluding tert-OH is 1. The molecule has 120 valence electrons. The third-order valence-electron chi connectivity index (χ3n) is 3.00. The molecule has 1 N–H and O–H groups in total. The Balaban J connectivity index is 2.81. The number of alkyl halides is 3. The molecule has 3 nitrogen and oxygen atoms in total. The first-order valence-corrected chi connectivity index (χ1v) is 8.18. The van der Waals surface area contributed by atoms with E-state index in [1.807, 2.05) is 20.8 Å². The van der Waals surface area contributed by atoms with Gasteiger partial charge in [-0.15, -0.1) is 0 Å². The molecular weight excluding hydrogens is 305 g/mol. The topological polar surface area (TPSA) is 54.4 Å². The molecule has 1 atom stereocenters. The minimum Gasteiger partial charge on any atom is -0.383 e. The van der Waals surface area contributed by atoms with Crippen LogP contribution in [0.2, 0.25) is 0 Å². The highest BCUT2D eigenvalue weighted by atomic mass is 32.2. The summed E-state index contributed by atoms with van der Waals surface area (Å²) in [4.78, 5) is 0. The minimum atomic E-state index is -4.93. The molecule has 0 fully saturated rings. The van der Waals surface area contributed by atoms with Crippen molar-refractivity contribution in [1.82, 2.24) is 0 Å². The van der Waals surface area contributed by atoms with E-state index in [0.29, 0.717) is 5.56 Å². The summed E-state index contributed by atoms with van der Waals surface area (Å²) in [5.74, 6) is -1.85.